The Labute approximate surface area is 102 Å². The monoisotopic (exact) mass is 345 g/mol. The summed E-state index contributed by atoms with van der Waals surface area (Å²) in [6.07, 6.45) is 1.53. The Morgan fingerprint density at radius 3 is 2.57 bits per heavy atom. The summed E-state index contributed by atoms with van der Waals surface area (Å²) in [7, 11) is -3.33. The molecule has 0 N–H and O–H groups in total. The molecule has 0 aliphatic carbocycles. The average Bonchev–Trinajstić information content (AvgIpc) is 2.08. The molecule has 1 heterocycles. The van der Waals surface area contributed by atoms with Crippen LogP contribution in [0.2, 0.25) is 5.15 Å². The predicted octanol–water partition coefficient (Wildman–Crippen LogP) is 2.52. The average molecular weight is 346 g/mol. The zero-order valence-electron chi connectivity index (χ0n) is 7.66. The molecule has 0 fully saturated rings. The molecule has 0 atom stereocenters. The number of sulfone groups is 1. The minimum Gasteiger partial charge on any atom is -0.242 e. The van der Waals surface area contributed by atoms with Gasteiger partial charge in [0.1, 0.15) is 10.0 Å². The van der Waals surface area contributed by atoms with Crippen LogP contribution in [-0.4, -0.2) is 18.7 Å². The summed E-state index contributed by atoms with van der Waals surface area (Å²) in [5.74, 6) is 0. The van der Waals surface area contributed by atoms with E-state index in [0.29, 0.717) is 0 Å². The SMILES string of the molecule is CC(C)S(=O)(=O)c1cc(I)cnc1Cl. The van der Waals surface area contributed by atoms with Crippen molar-refractivity contribution < 1.29 is 8.42 Å². The standard InChI is InChI=1S/C8H9ClINO2S/c1-5(2)14(12,13)7-3-6(10)4-11-8(7)9/h3-5H,1-2H3. The predicted molar refractivity (Wildman–Crippen MR) is 64.3 cm³/mol. The Hall–Kier alpha value is 0.120. The van der Waals surface area contributed by atoms with E-state index in [1.165, 1.54) is 12.3 Å². The molecular formula is C8H9ClINO2S. The highest BCUT2D eigenvalue weighted by Gasteiger charge is 2.23. The van der Waals surface area contributed by atoms with Gasteiger partial charge in [-0.1, -0.05) is 11.6 Å². The van der Waals surface area contributed by atoms with E-state index in [1.54, 1.807) is 13.8 Å². The van der Waals surface area contributed by atoms with Crippen molar-refractivity contribution >= 4 is 44.0 Å². The minimum absolute atomic E-state index is 0.0408. The van der Waals surface area contributed by atoms with Gasteiger partial charge in [-0.25, -0.2) is 13.4 Å². The normalized spacial score (nSPS) is 12.1. The van der Waals surface area contributed by atoms with Gasteiger partial charge >= 0.3 is 0 Å². The second-order valence-electron chi connectivity index (χ2n) is 3.04. The quantitative estimate of drug-likeness (QED) is 0.611. The van der Waals surface area contributed by atoms with Crippen LogP contribution in [0, 0.1) is 3.57 Å². The Morgan fingerprint density at radius 1 is 1.50 bits per heavy atom. The third-order valence-corrected chi connectivity index (χ3v) is 4.87. The molecule has 0 unspecified atom stereocenters. The zero-order chi connectivity index (χ0) is 10.9. The molecule has 1 rings (SSSR count). The lowest BCUT2D eigenvalue weighted by Gasteiger charge is -2.08. The molecule has 3 nitrogen and oxygen atoms in total. The summed E-state index contributed by atoms with van der Waals surface area (Å²) in [4.78, 5) is 3.92. The third kappa shape index (κ3) is 2.38. The van der Waals surface area contributed by atoms with Crippen LogP contribution >= 0.6 is 34.2 Å². The van der Waals surface area contributed by atoms with E-state index >= 15 is 0 Å². The largest absolute Gasteiger partial charge is 0.242 e. The molecule has 0 saturated heterocycles. The Morgan fingerprint density at radius 2 is 2.07 bits per heavy atom. The smallest absolute Gasteiger partial charge is 0.183 e. The van der Waals surface area contributed by atoms with Crippen molar-refractivity contribution in [1.29, 1.82) is 0 Å². The van der Waals surface area contributed by atoms with Crippen LogP contribution in [0.1, 0.15) is 13.8 Å². The summed E-state index contributed by atoms with van der Waals surface area (Å²) in [6.45, 7) is 3.23. The van der Waals surface area contributed by atoms with Gasteiger partial charge in [0.25, 0.3) is 0 Å². The lowest BCUT2D eigenvalue weighted by Crippen LogP contribution is -2.15. The highest BCUT2D eigenvalue weighted by Crippen LogP contribution is 2.24. The van der Waals surface area contributed by atoms with E-state index in [9.17, 15) is 8.42 Å². The molecule has 6 heteroatoms. The molecule has 0 spiro atoms. The topological polar surface area (TPSA) is 47.0 Å². The van der Waals surface area contributed by atoms with Crippen molar-refractivity contribution in [3.05, 3.63) is 21.0 Å². The first-order valence-corrected chi connectivity index (χ1v) is 6.91. The summed E-state index contributed by atoms with van der Waals surface area (Å²) >= 11 is 7.73. The van der Waals surface area contributed by atoms with Crippen molar-refractivity contribution in [2.75, 3.05) is 0 Å². The molecule has 0 aliphatic rings. The van der Waals surface area contributed by atoms with E-state index in [4.69, 9.17) is 11.6 Å². The maximum atomic E-state index is 11.8. The number of aromatic nitrogens is 1. The van der Waals surface area contributed by atoms with E-state index in [0.717, 1.165) is 3.57 Å². The minimum atomic E-state index is -3.33. The van der Waals surface area contributed by atoms with Crippen LogP contribution in [0.15, 0.2) is 17.2 Å². The molecule has 1 aromatic rings. The van der Waals surface area contributed by atoms with Gasteiger partial charge in [0.05, 0.1) is 5.25 Å². The second-order valence-corrected chi connectivity index (χ2v) is 7.11. The molecular weight excluding hydrogens is 337 g/mol. The van der Waals surface area contributed by atoms with Crippen LogP contribution in [0.25, 0.3) is 0 Å². The van der Waals surface area contributed by atoms with Gasteiger partial charge in [-0.05, 0) is 42.5 Å². The van der Waals surface area contributed by atoms with E-state index in [-0.39, 0.29) is 10.0 Å². The van der Waals surface area contributed by atoms with Crippen molar-refractivity contribution in [1.82, 2.24) is 4.98 Å². The van der Waals surface area contributed by atoms with Gasteiger partial charge in [0, 0.05) is 9.77 Å². The van der Waals surface area contributed by atoms with Crippen LogP contribution in [0.3, 0.4) is 0 Å². The van der Waals surface area contributed by atoms with Gasteiger partial charge in [-0.3, -0.25) is 0 Å². The van der Waals surface area contributed by atoms with E-state index < -0.39 is 15.1 Å². The first kappa shape index (κ1) is 12.2. The first-order valence-electron chi connectivity index (χ1n) is 3.90. The van der Waals surface area contributed by atoms with E-state index in [1.807, 2.05) is 22.6 Å². The molecule has 0 bridgehead atoms. The number of hydrogen-bond donors (Lipinski definition) is 0. The van der Waals surface area contributed by atoms with Gasteiger partial charge in [-0.15, -0.1) is 0 Å². The fraction of sp³-hybridized carbons (Fsp3) is 0.375. The lowest BCUT2D eigenvalue weighted by atomic mass is 10.5. The molecule has 1 aromatic heterocycles. The summed E-state index contributed by atoms with van der Waals surface area (Å²) in [6, 6.07) is 1.53. The van der Waals surface area contributed by atoms with Crippen LogP contribution < -0.4 is 0 Å². The van der Waals surface area contributed by atoms with Gasteiger partial charge in [-0.2, -0.15) is 0 Å². The van der Waals surface area contributed by atoms with Crippen molar-refractivity contribution in [3.63, 3.8) is 0 Å². The van der Waals surface area contributed by atoms with Gasteiger partial charge in [0.2, 0.25) is 0 Å². The number of hydrogen-bond acceptors (Lipinski definition) is 3. The Bertz CT molecular complexity index is 445. The highest BCUT2D eigenvalue weighted by atomic mass is 127. The maximum absolute atomic E-state index is 11.8. The van der Waals surface area contributed by atoms with Crippen molar-refractivity contribution in [3.8, 4) is 0 Å². The molecule has 0 amide bonds. The van der Waals surface area contributed by atoms with Gasteiger partial charge < -0.3 is 0 Å². The number of halogens is 2. The molecule has 14 heavy (non-hydrogen) atoms. The Balaban J connectivity index is 3.40. The van der Waals surface area contributed by atoms with E-state index in [2.05, 4.69) is 4.98 Å². The molecule has 78 valence electrons. The number of nitrogens with zero attached hydrogens (tertiary/aromatic N) is 1. The fourth-order valence-electron chi connectivity index (χ4n) is 0.857. The molecule has 0 saturated carbocycles. The molecule has 0 aromatic carbocycles. The summed E-state index contributed by atoms with van der Waals surface area (Å²) in [5.41, 5.74) is 0. The summed E-state index contributed by atoms with van der Waals surface area (Å²) < 4.78 is 24.3. The zero-order valence-corrected chi connectivity index (χ0v) is 11.4. The Kier molecular flexibility index (Phi) is 3.76. The van der Waals surface area contributed by atoms with Crippen LogP contribution in [0.5, 0.6) is 0 Å². The van der Waals surface area contributed by atoms with Crippen molar-refractivity contribution in [2.24, 2.45) is 0 Å². The second kappa shape index (κ2) is 4.32. The summed E-state index contributed by atoms with van der Waals surface area (Å²) in [5, 5.41) is -0.445. The van der Waals surface area contributed by atoms with Gasteiger partial charge in [0.15, 0.2) is 9.84 Å². The highest BCUT2D eigenvalue weighted by molar-refractivity contribution is 14.1. The number of rotatable bonds is 2. The maximum Gasteiger partial charge on any atom is 0.183 e. The van der Waals surface area contributed by atoms with Crippen LogP contribution in [0.4, 0.5) is 0 Å². The lowest BCUT2D eigenvalue weighted by molar-refractivity contribution is 0.587. The van der Waals surface area contributed by atoms with Crippen molar-refractivity contribution in [2.45, 2.75) is 24.0 Å². The fourth-order valence-corrected chi connectivity index (χ4v) is 3.03. The first-order chi connectivity index (χ1) is 6.35. The molecule has 0 radical (unpaired) electrons. The number of pyridine rings is 1. The van der Waals surface area contributed by atoms with Crippen LogP contribution in [-0.2, 0) is 9.84 Å². The molecule has 0 aliphatic heterocycles. The third-order valence-electron chi connectivity index (χ3n) is 1.70.